The Labute approximate surface area is 222 Å². The van der Waals surface area contributed by atoms with Crippen LogP contribution in [0, 0.1) is 5.82 Å². The molecule has 2 aromatic heterocycles. The van der Waals surface area contributed by atoms with Gasteiger partial charge >= 0.3 is 18.2 Å². The zero-order valence-corrected chi connectivity index (χ0v) is 21.2. The van der Waals surface area contributed by atoms with E-state index in [0.717, 1.165) is 22.2 Å². The summed E-state index contributed by atoms with van der Waals surface area (Å²) in [5, 5.41) is 14.4. The summed E-state index contributed by atoms with van der Waals surface area (Å²) in [6, 6.07) is 7.52. The number of benzene rings is 1. The molecule has 0 spiro atoms. The van der Waals surface area contributed by atoms with Gasteiger partial charge in [0.1, 0.15) is 11.4 Å². The van der Waals surface area contributed by atoms with Crippen molar-refractivity contribution in [2.75, 3.05) is 4.90 Å². The normalized spacial score (nSPS) is 14.9. The van der Waals surface area contributed by atoms with Crippen molar-refractivity contribution in [1.29, 1.82) is 0 Å². The number of aromatic nitrogens is 4. The van der Waals surface area contributed by atoms with Crippen LogP contribution in [0.5, 0.6) is 0 Å². The molecule has 38 heavy (non-hydrogen) atoms. The highest BCUT2D eigenvalue weighted by Crippen LogP contribution is 2.33. The third kappa shape index (κ3) is 6.39. The lowest BCUT2D eigenvalue weighted by Crippen LogP contribution is -2.43. The number of pyridine rings is 1. The van der Waals surface area contributed by atoms with Gasteiger partial charge in [0.25, 0.3) is 5.91 Å². The number of urea groups is 1. The molecule has 0 radical (unpaired) electrons. The minimum atomic E-state index is -5.08. The average Bonchev–Trinajstić information content (AvgIpc) is 3.36. The maximum absolute atomic E-state index is 14.0. The highest BCUT2D eigenvalue weighted by Gasteiger charge is 2.53. The fourth-order valence-corrected chi connectivity index (χ4v) is 4.31. The lowest BCUT2D eigenvalue weighted by Gasteiger charge is -2.27. The van der Waals surface area contributed by atoms with Crippen LogP contribution in [0.2, 0.25) is 5.02 Å². The molecule has 202 valence electrons. The van der Waals surface area contributed by atoms with E-state index in [2.05, 4.69) is 20.2 Å². The van der Waals surface area contributed by atoms with E-state index in [9.17, 15) is 27.2 Å². The third-order valence-corrected chi connectivity index (χ3v) is 6.46. The number of carboxylic acids is 1. The van der Waals surface area contributed by atoms with Gasteiger partial charge in [-0.05, 0) is 43.7 Å². The van der Waals surface area contributed by atoms with Gasteiger partial charge in [0.2, 0.25) is 11.1 Å². The standard InChI is InChI=1S/C20H18ClFN6O2S.C2HF3O2/c1-20(2)16(29)28(19(30)27(20)10-12-6-8-23-9-7-12)17-24-18(26-25-17)31-11-13-14(21)4-3-5-15(13)22;3-2(4,5)1(6)7/h3-9H,10-11H2,1-2H3,(H,24,25,26);(H,6,7). The summed E-state index contributed by atoms with van der Waals surface area (Å²) in [6.07, 6.45) is -1.82. The van der Waals surface area contributed by atoms with E-state index < -0.39 is 35.4 Å². The Balaban J connectivity index is 0.000000505. The number of rotatable bonds is 6. The van der Waals surface area contributed by atoms with E-state index in [1.54, 1.807) is 44.4 Å². The Morgan fingerprint density at radius 2 is 1.82 bits per heavy atom. The average molecular weight is 575 g/mol. The Morgan fingerprint density at radius 3 is 2.39 bits per heavy atom. The number of carbonyl (C=O) groups excluding carboxylic acids is 2. The van der Waals surface area contributed by atoms with Gasteiger partial charge in [-0.25, -0.2) is 19.1 Å². The number of amides is 3. The van der Waals surface area contributed by atoms with Crippen LogP contribution in [-0.4, -0.2) is 59.8 Å². The van der Waals surface area contributed by atoms with Gasteiger partial charge in [-0.3, -0.25) is 9.78 Å². The van der Waals surface area contributed by atoms with Crippen molar-refractivity contribution in [1.82, 2.24) is 25.1 Å². The van der Waals surface area contributed by atoms with Gasteiger partial charge in [0.15, 0.2) is 0 Å². The summed E-state index contributed by atoms with van der Waals surface area (Å²) < 4.78 is 45.7. The molecule has 4 rings (SSSR count). The van der Waals surface area contributed by atoms with Crippen molar-refractivity contribution in [2.24, 2.45) is 0 Å². The first-order chi connectivity index (χ1) is 17.7. The maximum Gasteiger partial charge on any atom is 0.490 e. The maximum atomic E-state index is 14.0. The van der Waals surface area contributed by atoms with Crippen molar-refractivity contribution in [2.45, 2.75) is 43.0 Å². The van der Waals surface area contributed by atoms with E-state index in [-0.39, 0.29) is 23.4 Å². The largest absolute Gasteiger partial charge is 0.490 e. The van der Waals surface area contributed by atoms with Gasteiger partial charge in [-0.15, -0.1) is 5.10 Å². The molecule has 2 N–H and O–H groups in total. The molecule has 1 fully saturated rings. The number of anilines is 1. The third-order valence-electron chi connectivity index (χ3n) is 5.23. The predicted molar refractivity (Wildman–Crippen MR) is 128 cm³/mol. The van der Waals surface area contributed by atoms with Crippen LogP contribution >= 0.6 is 23.4 Å². The zero-order chi connectivity index (χ0) is 28.3. The second kappa shape index (κ2) is 11.3. The van der Waals surface area contributed by atoms with Gasteiger partial charge in [0, 0.05) is 35.3 Å². The fraction of sp³-hybridized carbons (Fsp3) is 0.273. The van der Waals surface area contributed by atoms with Gasteiger partial charge in [-0.1, -0.05) is 29.4 Å². The number of imide groups is 1. The molecule has 1 saturated heterocycles. The molecule has 1 aliphatic heterocycles. The van der Waals surface area contributed by atoms with Gasteiger partial charge < -0.3 is 10.0 Å². The number of aromatic amines is 1. The Bertz CT molecular complexity index is 1320. The molecule has 0 atom stereocenters. The summed E-state index contributed by atoms with van der Waals surface area (Å²) in [5.41, 5.74) is 0.112. The summed E-state index contributed by atoms with van der Waals surface area (Å²) >= 11 is 7.19. The second-order valence-electron chi connectivity index (χ2n) is 8.16. The Morgan fingerprint density at radius 1 is 1.18 bits per heavy atom. The number of H-pyrrole nitrogens is 1. The number of aliphatic carboxylic acids is 1. The molecule has 0 aliphatic carbocycles. The number of nitrogens with one attached hydrogen (secondary N) is 1. The van der Waals surface area contributed by atoms with Crippen molar-refractivity contribution in [3.63, 3.8) is 0 Å². The molecule has 3 amide bonds. The van der Waals surface area contributed by atoms with Crippen LogP contribution in [0.15, 0.2) is 47.9 Å². The molecular formula is C22H19ClF4N6O4S. The van der Waals surface area contributed by atoms with Gasteiger partial charge in [-0.2, -0.15) is 23.1 Å². The van der Waals surface area contributed by atoms with E-state index >= 15 is 0 Å². The Hall–Kier alpha value is -3.72. The molecule has 0 unspecified atom stereocenters. The number of carboxylic acid groups (broad SMARTS) is 1. The topological polar surface area (TPSA) is 132 Å². The first kappa shape index (κ1) is 28.8. The minimum Gasteiger partial charge on any atom is -0.475 e. The number of carbonyl (C=O) groups is 3. The number of thioether (sulfide) groups is 1. The van der Waals surface area contributed by atoms with Crippen molar-refractivity contribution >= 4 is 47.2 Å². The van der Waals surface area contributed by atoms with E-state index in [1.807, 2.05) is 0 Å². The second-order valence-corrected chi connectivity index (χ2v) is 9.51. The molecule has 0 saturated carbocycles. The van der Waals surface area contributed by atoms with Crippen LogP contribution in [-0.2, 0) is 21.9 Å². The molecular weight excluding hydrogens is 556 g/mol. The summed E-state index contributed by atoms with van der Waals surface area (Å²) in [7, 11) is 0. The highest BCUT2D eigenvalue weighted by atomic mass is 35.5. The molecule has 3 aromatic rings. The SMILES string of the molecule is CC1(C)C(=O)N(c2nc(SCc3c(F)cccc3Cl)n[nH]2)C(=O)N1Cc1ccncc1.O=C(O)C(F)(F)F. The monoisotopic (exact) mass is 574 g/mol. The predicted octanol–water partition coefficient (Wildman–Crippen LogP) is 4.67. The zero-order valence-electron chi connectivity index (χ0n) is 19.7. The number of nitrogens with zero attached hydrogens (tertiary/aromatic N) is 5. The van der Waals surface area contributed by atoms with Crippen LogP contribution in [0.25, 0.3) is 0 Å². The number of alkyl halides is 3. The first-order valence-electron chi connectivity index (χ1n) is 10.6. The molecule has 1 aliphatic rings. The molecule has 0 bridgehead atoms. The quantitative estimate of drug-likeness (QED) is 0.247. The summed E-state index contributed by atoms with van der Waals surface area (Å²) in [4.78, 5) is 45.6. The number of halogens is 5. The lowest BCUT2D eigenvalue weighted by molar-refractivity contribution is -0.192. The van der Waals surface area contributed by atoms with E-state index in [4.69, 9.17) is 21.5 Å². The molecule has 10 nitrogen and oxygen atoms in total. The van der Waals surface area contributed by atoms with Crippen LogP contribution < -0.4 is 4.90 Å². The smallest absolute Gasteiger partial charge is 0.475 e. The van der Waals surface area contributed by atoms with Crippen LogP contribution in [0.3, 0.4) is 0 Å². The number of hydrogen-bond acceptors (Lipinski definition) is 7. The van der Waals surface area contributed by atoms with Gasteiger partial charge in [0.05, 0.1) is 0 Å². The highest BCUT2D eigenvalue weighted by molar-refractivity contribution is 7.98. The number of hydrogen-bond donors (Lipinski definition) is 2. The summed E-state index contributed by atoms with van der Waals surface area (Å²) in [6.45, 7) is 3.61. The Kier molecular flexibility index (Phi) is 8.61. The molecule has 1 aromatic carbocycles. The van der Waals surface area contributed by atoms with Crippen molar-refractivity contribution in [3.8, 4) is 0 Å². The lowest BCUT2D eigenvalue weighted by atomic mass is 10.0. The fourth-order valence-electron chi connectivity index (χ4n) is 3.17. The molecule has 3 heterocycles. The van der Waals surface area contributed by atoms with Crippen LogP contribution in [0.4, 0.5) is 28.3 Å². The minimum absolute atomic E-state index is 0.0161. The molecule has 16 heteroatoms. The van der Waals surface area contributed by atoms with E-state index in [0.29, 0.717) is 10.6 Å². The van der Waals surface area contributed by atoms with Crippen molar-refractivity contribution in [3.05, 3.63) is 64.7 Å². The summed E-state index contributed by atoms with van der Waals surface area (Å²) in [5.74, 6) is -3.38. The van der Waals surface area contributed by atoms with Crippen LogP contribution in [0.1, 0.15) is 25.0 Å². The van der Waals surface area contributed by atoms with Crippen molar-refractivity contribution < 1.29 is 37.1 Å². The first-order valence-corrected chi connectivity index (χ1v) is 11.9. The van der Waals surface area contributed by atoms with E-state index in [1.165, 1.54) is 17.0 Å².